The highest BCUT2D eigenvalue weighted by Gasteiger charge is 2.32. The highest BCUT2D eigenvalue weighted by Crippen LogP contribution is 2.14. The van der Waals surface area contributed by atoms with Crippen LogP contribution in [0.5, 0.6) is 0 Å². The van der Waals surface area contributed by atoms with Crippen molar-refractivity contribution in [1.82, 2.24) is 10.2 Å². The van der Waals surface area contributed by atoms with Crippen molar-refractivity contribution in [2.24, 2.45) is 0 Å². The van der Waals surface area contributed by atoms with Gasteiger partial charge in [-0.1, -0.05) is 12.2 Å². The van der Waals surface area contributed by atoms with E-state index in [1.807, 2.05) is 27.7 Å². The number of hydrogen-bond donors (Lipinski definition) is 1. The van der Waals surface area contributed by atoms with Crippen LogP contribution in [0.2, 0.25) is 0 Å². The summed E-state index contributed by atoms with van der Waals surface area (Å²) in [6.07, 6.45) is 5.02. The summed E-state index contributed by atoms with van der Waals surface area (Å²) in [5.74, 6) is 0. The predicted molar refractivity (Wildman–Crippen MR) is 69.0 cm³/mol. The standard InChI is InChI=1S/C13H24N2O2/c1-5-6-7-8-14-11-9-15(10-11)12(16)17-13(2,3)4/h5-6,11,14H,7-10H2,1-4H3/b6-5+. The van der Waals surface area contributed by atoms with Gasteiger partial charge in [0.05, 0.1) is 0 Å². The monoisotopic (exact) mass is 240 g/mol. The molecule has 1 heterocycles. The Morgan fingerprint density at radius 3 is 2.65 bits per heavy atom. The molecule has 1 N–H and O–H groups in total. The lowest BCUT2D eigenvalue weighted by molar-refractivity contribution is 0.00544. The molecule has 0 atom stereocenters. The van der Waals surface area contributed by atoms with Crippen LogP contribution >= 0.6 is 0 Å². The number of carbonyl (C=O) groups is 1. The molecule has 1 amide bonds. The summed E-state index contributed by atoms with van der Waals surface area (Å²) in [4.78, 5) is 13.4. The SMILES string of the molecule is C/C=C/CCNC1CN(C(=O)OC(C)(C)C)C1. The van der Waals surface area contributed by atoms with Gasteiger partial charge in [0.25, 0.3) is 0 Å². The fourth-order valence-corrected chi connectivity index (χ4v) is 1.62. The van der Waals surface area contributed by atoms with E-state index in [1.54, 1.807) is 4.90 Å². The topological polar surface area (TPSA) is 41.6 Å². The first kappa shape index (κ1) is 14.0. The first-order chi connectivity index (χ1) is 7.92. The van der Waals surface area contributed by atoms with Gasteiger partial charge in [0.15, 0.2) is 0 Å². The van der Waals surface area contributed by atoms with E-state index in [9.17, 15) is 4.79 Å². The van der Waals surface area contributed by atoms with Gasteiger partial charge in [-0.15, -0.1) is 0 Å². The molecule has 1 aliphatic heterocycles. The maximum absolute atomic E-state index is 11.6. The van der Waals surface area contributed by atoms with Crippen LogP contribution in [0.15, 0.2) is 12.2 Å². The fourth-order valence-electron chi connectivity index (χ4n) is 1.62. The fraction of sp³-hybridized carbons (Fsp3) is 0.769. The Bertz CT molecular complexity index is 276. The third-order valence-electron chi connectivity index (χ3n) is 2.51. The van der Waals surface area contributed by atoms with Crippen molar-refractivity contribution < 1.29 is 9.53 Å². The average molecular weight is 240 g/mol. The van der Waals surface area contributed by atoms with Crippen molar-refractivity contribution >= 4 is 6.09 Å². The molecule has 1 rings (SSSR count). The Hall–Kier alpha value is -1.03. The minimum atomic E-state index is -0.401. The smallest absolute Gasteiger partial charge is 0.410 e. The zero-order chi connectivity index (χ0) is 12.9. The van der Waals surface area contributed by atoms with Crippen molar-refractivity contribution in [2.75, 3.05) is 19.6 Å². The van der Waals surface area contributed by atoms with Gasteiger partial charge in [0.2, 0.25) is 0 Å². The van der Waals surface area contributed by atoms with E-state index in [4.69, 9.17) is 4.74 Å². The Morgan fingerprint density at radius 1 is 1.47 bits per heavy atom. The van der Waals surface area contributed by atoms with Crippen molar-refractivity contribution in [3.8, 4) is 0 Å². The van der Waals surface area contributed by atoms with Gasteiger partial charge < -0.3 is 15.0 Å². The maximum atomic E-state index is 11.6. The molecule has 0 aliphatic carbocycles. The van der Waals surface area contributed by atoms with Gasteiger partial charge in [-0.25, -0.2) is 4.79 Å². The number of nitrogens with zero attached hydrogens (tertiary/aromatic N) is 1. The van der Waals surface area contributed by atoms with E-state index < -0.39 is 5.60 Å². The number of amides is 1. The van der Waals surface area contributed by atoms with Crippen molar-refractivity contribution in [3.05, 3.63) is 12.2 Å². The third-order valence-corrected chi connectivity index (χ3v) is 2.51. The number of nitrogens with one attached hydrogen (secondary N) is 1. The first-order valence-corrected chi connectivity index (χ1v) is 6.25. The van der Waals surface area contributed by atoms with Crippen LogP contribution in [0.3, 0.4) is 0 Å². The average Bonchev–Trinajstić information content (AvgIpc) is 2.11. The summed E-state index contributed by atoms with van der Waals surface area (Å²) < 4.78 is 5.28. The Balaban J connectivity index is 2.12. The number of likely N-dealkylation sites (tertiary alicyclic amines) is 1. The highest BCUT2D eigenvalue weighted by molar-refractivity contribution is 5.69. The van der Waals surface area contributed by atoms with Crippen molar-refractivity contribution in [2.45, 2.75) is 45.8 Å². The van der Waals surface area contributed by atoms with Crippen LogP contribution in [-0.2, 0) is 4.74 Å². The molecule has 1 saturated heterocycles. The molecule has 0 aromatic rings. The van der Waals surface area contributed by atoms with Crippen LogP contribution in [0.1, 0.15) is 34.1 Å². The Morgan fingerprint density at radius 2 is 2.12 bits per heavy atom. The first-order valence-electron chi connectivity index (χ1n) is 6.25. The van der Waals surface area contributed by atoms with Gasteiger partial charge in [0, 0.05) is 19.1 Å². The molecule has 4 heteroatoms. The van der Waals surface area contributed by atoms with Gasteiger partial charge in [-0.3, -0.25) is 0 Å². The Labute approximate surface area is 104 Å². The highest BCUT2D eigenvalue weighted by atomic mass is 16.6. The van der Waals surface area contributed by atoms with E-state index in [1.165, 1.54) is 0 Å². The zero-order valence-electron chi connectivity index (χ0n) is 11.3. The molecule has 0 aromatic heterocycles. The molecular weight excluding hydrogens is 216 g/mol. The summed E-state index contributed by atoms with van der Waals surface area (Å²) >= 11 is 0. The molecule has 4 nitrogen and oxygen atoms in total. The molecule has 1 aliphatic rings. The molecular formula is C13H24N2O2. The van der Waals surface area contributed by atoms with Crippen LogP contribution in [0.25, 0.3) is 0 Å². The molecule has 0 saturated carbocycles. The summed E-state index contributed by atoms with van der Waals surface area (Å²) in [7, 11) is 0. The van der Waals surface area contributed by atoms with Crippen LogP contribution in [0.4, 0.5) is 4.79 Å². The number of hydrogen-bond acceptors (Lipinski definition) is 3. The lowest BCUT2D eigenvalue weighted by Crippen LogP contribution is -2.60. The zero-order valence-corrected chi connectivity index (χ0v) is 11.3. The summed E-state index contributed by atoms with van der Waals surface area (Å²) in [6, 6.07) is 0.424. The summed E-state index contributed by atoms with van der Waals surface area (Å²) in [6.45, 7) is 10.2. The van der Waals surface area contributed by atoms with E-state index in [-0.39, 0.29) is 6.09 Å². The second-order valence-electron chi connectivity index (χ2n) is 5.39. The molecule has 0 spiro atoms. The minimum Gasteiger partial charge on any atom is -0.444 e. The van der Waals surface area contributed by atoms with E-state index in [2.05, 4.69) is 17.5 Å². The normalized spacial score (nSPS) is 17.3. The van der Waals surface area contributed by atoms with Crippen LogP contribution in [-0.4, -0.2) is 42.3 Å². The van der Waals surface area contributed by atoms with Gasteiger partial charge >= 0.3 is 6.09 Å². The Kier molecular flexibility index (Phi) is 5.00. The van der Waals surface area contributed by atoms with Gasteiger partial charge in [0.1, 0.15) is 5.60 Å². The van der Waals surface area contributed by atoms with Gasteiger partial charge in [-0.05, 0) is 40.7 Å². The summed E-state index contributed by atoms with van der Waals surface area (Å²) in [5.41, 5.74) is -0.401. The lowest BCUT2D eigenvalue weighted by Gasteiger charge is -2.40. The number of allylic oxidation sites excluding steroid dienone is 1. The van der Waals surface area contributed by atoms with E-state index >= 15 is 0 Å². The third kappa shape index (κ3) is 5.22. The molecule has 0 aromatic carbocycles. The van der Waals surface area contributed by atoms with E-state index in [0.717, 1.165) is 26.1 Å². The second kappa shape index (κ2) is 6.05. The van der Waals surface area contributed by atoms with Crippen molar-refractivity contribution in [1.29, 1.82) is 0 Å². The molecule has 98 valence electrons. The summed E-state index contributed by atoms with van der Waals surface area (Å²) in [5, 5.41) is 3.40. The lowest BCUT2D eigenvalue weighted by atomic mass is 10.1. The van der Waals surface area contributed by atoms with Crippen LogP contribution < -0.4 is 5.32 Å². The van der Waals surface area contributed by atoms with Crippen LogP contribution in [0, 0.1) is 0 Å². The maximum Gasteiger partial charge on any atom is 0.410 e. The van der Waals surface area contributed by atoms with E-state index in [0.29, 0.717) is 6.04 Å². The van der Waals surface area contributed by atoms with Crippen molar-refractivity contribution in [3.63, 3.8) is 0 Å². The molecule has 1 fully saturated rings. The minimum absolute atomic E-state index is 0.205. The molecule has 0 unspecified atom stereocenters. The largest absolute Gasteiger partial charge is 0.444 e. The second-order valence-corrected chi connectivity index (χ2v) is 5.39. The number of ether oxygens (including phenoxy) is 1. The quantitative estimate of drug-likeness (QED) is 0.605. The van der Waals surface area contributed by atoms with Gasteiger partial charge in [-0.2, -0.15) is 0 Å². The molecule has 0 bridgehead atoms. The number of rotatable bonds is 4. The molecule has 17 heavy (non-hydrogen) atoms. The molecule has 0 radical (unpaired) electrons. The number of carbonyl (C=O) groups excluding carboxylic acids is 1. The predicted octanol–water partition coefficient (Wildman–Crippen LogP) is 2.16.